The summed E-state index contributed by atoms with van der Waals surface area (Å²) in [5.41, 5.74) is 1.23. The van der Waals surface area contributed by atoms with Crippen LogP contribution in [0.25, 0.3) is 0 Å². The molecule has 3 aromatic rings. The third-order valence-electron chi connectivity index (χ3n) is 4.35. The van der Waals surface area contributed by atoms with Crippen molar-refractivity contribution in [1.29, 1.82) is 0 Å². The first-order chi connectivity index (χ1) is 15.5. The summed E-state index contributed by atoms with van der Waals surface area (Å²) in [7, 11) is 4.56. The second-order valence-corrected chi connectivity index (χ2v) is 7.52. The number of hydrogen-bond acceptors (Lipinski definition) is 7. The summed E-state index contributed by atoms with van der Waals surface area (Å²) in [6, 6.07) is 13.0. The lowest BCUT2D eigenvalue weighted by Gasteiger charge is -2.14. The molecule has 0 fully saturated rings. The molecule has 0 radical (unpaired) electrons. The van der Waals surface area contributed by atoms with Gasteiger partial charge in [-0.3, -0.25) is 9.78 Å². The van der Waals surface area contributed by atoms with Gasteiger partial charge in [0, 0.05) is 22.8 Å². The van der Waals surface area contributed by atoms with Gasteiger partial charge >= 0.3 is 0 Å². The van der Waals surface area contributed by atoms with Crippen LogP contribution in [0.4, 0.5) is 10.1 Å². The van der Waals surface area contributed by atoms with Crippen LogP contribution in [0.5, 0.6) is 23.0 Å². The number of nitrogens with one attached hydrogen (secondary N) is 1. The van der Waals surface area contributed by atoms with Crippen molar-refractivity contribution in [3.05, 3.63) is 66.2 Å². The Morgan fingerprint density at radius 1 is 0.969 bits per heavy atom. The fraction of sp³-hybridized carbons (Fsp3) is 0.217. The Balaban J connectivity index is 1.62. The van der Waals surface area contributed by atoms with Gasteiger partial charge in [-0.25, -0.2) is 4.39 Å². The number of amides is 1. The zero-order valence-corrected chi connectivity index (χ0v) is 18.7. The molecule has 0 aliphatic heterocycles. The number of hydrogen-bond donors (Lipinski definition) is 1. The molecule has 2 aromatic carbocycles. The number of rotatable bonds is 10. The predicted octanol–water partition coefficient (Wildman–Crippen LogP) is 4.56. The first kappa shape index (κ1) is 23.2. The molecule has 0 bridgehead atoms. The van der Waals surface area contributed by atoms with E-state index in [4.69, 9.17) is 18.9 Å². The number of benzene rings is 2. The van der Waals surface area contributed by atoms with E-state index in [-0.39, 0.29) is 18.3 Å². The summed E-state index contributed by atoms with van der Waals surface area (Å²) in [5.74, 6) is 1.79. The number of ether oxygens (including phenoxy) is 4. The van der Waals surface area contributed by atoms with Crippen LogP contribution in [0.3, 0.4) is 0 Å². The summed E-state index contributed by atoms with van der Waals surface area (Å²) < 4.78 is 34.5. The second-order valence-electron chi connectivity index (χ2n) is 6.47. The summed E-state index contributed by atoms with van der Waals surface area (Å²) in [6.45, 7) is -0.236. The monoisotopic (exact) mass is 458 g/mol. The van der Waals surface area contributed by atoms with Gasteiger partial charge in [-0.05, 0) is 36.4 Å². The molecule has 0 spiro atoms. The molecule has 32 heavy (non-hydrogen) atoms. The number of methoxy groups -OCH3 is 3. The van der Waals surface area contributed by atoms with E-state index in [2.05, 4.69) is 10.3 Å². The molecule has 1 amide bonds. The standard InChI is InChI=1S/C23H23FN2O5S/c1-28-17-6-9-19(20(11-17)29-2)26-23(27)13-31-21-10-16(25-12-22(21)30-3)14-32-18-7-4-15(24)5-8-18/h4-12H,13-14H2,1-3H3,(H,26,27). The van der Waals surface area contributed by atoms with E-state index in [1.54, 1.807) is 49.7 Å². The van der Waals surface area contributed by atoms with Gasteiger partial charge in [0.15, 0.2) is 18.1 Å². The highest BCUT2D eigenvalue weighted by molar-refractivity contribution is 7.98. The van der Waals surface area contributed by atoms with Crippen LogP contribution >= 0.6 is 11.8 Å². The van der Waals surface area contributed by atoms with Crippen LogP contribution in [0.2, 0.25) is 0 Å². The Bertz CT molecular complexity index is 1060. The van der Waals surface area contributed by atoms with Gasteiger partial charge in [0.05, 0.1) is 38.9 Å². The van der Waals surface area contributed by atoms with Crippen LogP contribution in [-0.2, 0) is 10.5 Å². The largest absolute Gasteiger partial charge is 0.497 e. The van der Waals surface area contributed by atoms with Crippen molar-refractivity contribution in [2.24, 2.45) is 0 Å². The normalized spacial score (nSPS) is 10.4. The van der Waals surface area contributed by atoms with E-state index in [1.807, 2.05) is 0 Å². The van der Waals surface area contributed by atoms with Gasteiger partial charge in [0.25, 0.3) is 5.91 Å². The number of halogens is 1. The Kier molecular flexibility index (Phi) is 8.15. The lowest BCUT2D eigenvalue weighted by Crippen LogP contribution is -2.20. The molecule has 0 saturated carbocycles. The van der Waals surface area contributed by atoms with E-state index >= 15 is 0 Å². The van der Waals surface area contributed by atoms with Crippen molar-refractivity contribution < 1.29 is 28.1 Å². The third-order valence-corrected chi connectivity index (χ3v) is 5.40. The summed E-state index contributed by atoms with van der Waals surface area (Å²) in [6.07, 6.45) is 1.54. The van der Waals surface area contributed by atoms with E-state index in [0.717, 1.165) is 10.6 Å². The Labute approximate surface area is 189 Å². The summed E-state index contributed by atoms with van der Waals surface area (Å²) in [4.78, 5) is 17.7. The van der Waals surface area contributed by atoms with Crippen molar-refractivity contribution in [2.75, 3.05) is 33.3 Å². The molecule has 9 heteroatoms. The van der Waals surface area contributed by atoms with Crippen LogP contribution in [0, 0.1) is 5.82 Å². The van der Waals surface area contributed by atoms with Crippen LogP contribution in [0.1, 0.15) is 5.69 Å². The molecule has 3 rings (SSSR count). The van der Waals surface area contributed by atoms with Crippen LogP contribution < -0.4 is 24.3 Å². The molecule has 1 aromatic heterocycles. The average Bonchev–Trinajstić information content (AvgIpc) is 2.82. The molecule has 0 aliphatic rings. The molecule has 168 valence electrons. The van der Waals surface area contributed by atoms with Gasteiger partial charge in [0.2, 0.25) is 0 Å². The van der Waals surface area contributed by atoms with Gasteiger partial charge in [-0.2, -0.15) is 0 Å². The van der Waals surface area contributed by atoms with Crippen molar-refractivity contribution >= 4 is 23.4 Å². The fourth-order valence-electron chi connectivity index (χ4n) is 2.73. The van der Waals surface area contributed by atoms with Crippen molar-refractivity contribution in [2.45, 2.75) is 10.6 Å². The van der Waals surface area contributed by atoms with Gasteiger partial charge in [0.1, 0.15) is 17.3 Å². The molecule has 0 atom stereocenters. The van der Waals surface area contributed by atoms with Gasteiger partial charge in [-0.1, -0.05) is 0 Å². The van der Waals surface area contributed by atoms with Crippen LogP contribution in [0.15, 0.2) is 59.6 Å². The molecule has 0 aliphatic carbocycles. The number of pyridine rings is 1. The summed E-state index contributed by atoms with van der Waals surface area (Å²) in [5, 5.41) is 2.75. The molecule has 1 heterocycles. The molecule has 7 nitrogen and oxygen atoms in total. The second kappa shape index (κ2) is 11.2. The summed E-state index contributed by atoms with van der Waals surface area (Å²) >= 11 is 1.51. The fourth-order valence-corrected chi connectivity index (χ4v) is 3.53. The maximum absolute atomic E-state index is 13.1. The quantitative estimate of drug-likeness (QED) is 0.446. The highest BCUT2D eigenvalue weighted by Crippen LogP contribution is 2.31. The number of aromatic nitrogens is 1. The zero-order valence-electron chi connectivity index (χ0n) is 17.9. The SMILES string of the molecule is COc1ccc(NC(=O)COc2cc(CSc3ccc(F)cc3)ncc2OC)c(OC)c1. The first-order valence-corrected chi connectivity index (χ1v) is 10.6. The van der Waals surface area contributed by atoms with Crippen LogP contribution in [-0.4, -0.2) is 38.8 Å². The number of carbonyl (C=O) groups excluding carboxylic acids is 1. The number of thioether (sulfide) groups is 1. The van der Waals surface area contributed by atoms with Gasteiger partial charge in [-0.15, -0.1) is 11.8 Å². The topological polar surface area (TPSA) is 78.9 Å². The van der Waals surface area contributed by atoms with Crippen molar-refractivity contribution in [3.63, 3.8) is 0 Å². The van der Waals surface area contributed by atoms with E-state index in [9.17, 15) is 9.18 Å². The Hall–Kier alpha value is -3.46. The first-order valence-electron chi connectivity index (χ1n) is 9.58. The average molecular weight is 459 g/mol. The highest BCUT2D eigenvalue weighted by Gasteiger charge is 2.13. The predicted molar refractivity (Wildman–Crippen MR) is 120 cm³/mol. The number of carbonyl (C=O) groups is 1. The highest BCUT2D eigenvalue weighted by atomic mass is 32.2. The van der Waals surface area contributed by atoms with E-state index < -0.39 is 0 Å². The van der Waals surface area contributed by atoms with Crippen molar-refractivity contribution in [3.8, 4) is 23.0 Å². The molecular weight excluding hydrogens is 435 g/mol. The van der Waals surface area contributed by atoms with E-state index in [1.165, 1.54) is 38.1 Å². The number of nitrogens with zero attached hydrogens (tertiary/aromatic N) is 1. The minimum Gasteiger partial charge on any atom is -0.497 e. The smallest absolute Gasteiger partial charge is 0.262 e. The molecule has 1 N–H and O–H groups in total. The minimum atomic E-state index is -0.366. The Morgan fingerprint density at radius 3 is 2.41 bits per heavy atom. The Morgan fingerprint density at radius 2 is 1.72 bits per heavy atom. The maximum Gasteiger partial charge on any atom is 0.262 e. The third kappa shape index (κ3) is 6.27. The number of anilines is 1. The van der Waals surface area contributed by atoms with E-state index in [0.29, 0.717) is 34.4 Å². The molecule has 0 unspecified atom stereocenters. The lowest BCUT2D eigenvalue weighted by molar-refractivity contribution is -0.118. The van der Waals surface area contributed by atoms with Gasteiger partial charge < -0.3 is 24.3 Å². The zero-order chi connectivity index (χ0) is 22.9. The molecule has 0 saturated heterocycles. The van der Waals surface area contributed by atoms with Crippen molar-refractivity contribution in [1.82, 2.24) is 4.98 Å². The maximum atomic E-state index is 13.1. The minimum absolute atomic E-state index is 0.236. The lowest BCUT2D eigenvalue weighted by atomic mass is 10.2. The molecular formula is C23H23FN2O5S.